The van der Waals surface area contributed by atoms with Gasteiger partial charge in [0.05, 0.1) is 23.7 Å². The maximum atomic E-state index is 10.3. The molecular weight excluding hydrogens is 284 g/mol. The molecule has 0 aliphatic rings. The van der Waals surface area contributed by atoms with E-state index in [2.05, 4.69) is 0 Å². The van der Waals surface area contributed by atoms with Crippen LogP contribution in [0.1, 0.15) is 26.2 Å². The van der Waals surface area contributed by atoms with E-state index in [4.69, 9.17) is 15.3 Å². The number of hydrogen-bond donors (Lipinski definition) is 8. The Morgan fingerprint density at radius 2 is 0.952 bits per heavy atom. The molecule has 0 saturated carbocycles. The third-order valence-electron chi connectivity index (χ3n) is 4.17. The van der Waals surface area contributed by atoms with Crippen LogP contribution in [0, 0.1) is 11.3 Å². The Hall–Kier alpha value is -0.320. The molecule has 128 valence electrons. The fraction of sp³-hybridized carbons (Fsp3) is 1.00. The van der Waals surface area contributed by atoms with Crippen molar-refractivity contribution in [2.24, 2.45) is 11.3 Å². The average molecular weight is 312 g/mol. The molecule has 0 aromatic rings. The predicted octanol–water partition coefficient (Wildman–Crippen LogP) is -2.85. The van der Waals surface area contributed by atoms with Gasteiger partial charge in [0.2, 0.25) is 0 Å². The van der Waals surface area contributed by atoms with E-state index in [1.807, 2.05) is 0 Å². The van der Waals surface area contributed by atoms with Crippen molar-refractivity contribution in [3.63, 3.8) is 0 Å². The number of aliphatic hydroxyl groups excluding tert-OH is 7. The molecular formula is C13H28O8. The highest BCUT2D eigenvalue weighted by molar-refractivity contribution is 5.01. The first kappa shape index (κ1) is 20.7. The molecule has 0 bridgehead atoms. The van der Waals surface area contributed by atoms with Gasteiger partial charge in [-0.15, -0.1) is 0 Å². The van der Waals surface area contributed by atoms with Gasteiger partial charge >= 0.3 is 0 Å². The molecule has 0 heterocycles. The third-order valence-corrected chi connectivity index (χ3v) is 4.17. The van der Waals surface area contributed by atoms with Crippen LogP contribution in [0.2, 0.25) is 0 Å². The van der Waals surface area contributed by atoms with Gasteiger partial charge in [0.1, 0.15) is 0 Å². The Labute approximate surface area is 123 Å². The van der Waals surface area contributed by atoms with Crippen LogP contribution in [-0.2, 0) is 0 Å². The summed E-state index contributed by atoms with van der Waals surface area (Å²) in [5.74, 6) is -1.16. The number of hydrogen-bond acceptors (Lipinski definition) is 8. The molecule has 0 aromatic carbocycles. The Morgan fingerprint density at radius 3 is 1.14 bits per heavy atom. The minimum atomic E-state index is -1.94. The molecule has 0 aliphatic heterocycles. The van der Waals surface area contributed by atoms with E-state index in [0.717, 1.165) is 0 Å². The van der Waals surface area contributed by atoms with Crippen molar-refractivity contribution < 1.29 is 40.9 Å². The number of aliphatic hydroxyl groups is 8. The lowest BCUT2D eigenvalue weighted by Crippen LogP contribution is -2.60. The van der Waals surface area contributed by atoms with E-state index in [1.165, 1.54) is 6.92 Å². The van der Waals surface area contributed by atoms with E-state index in [0.29, 0.717) is 0 Å². The van der Waals surface area contributed by atoms with Crippen LogP contribution in [0.3, 0.4) is 0 Å². The summed E-state index contributed by atoms with van der Waals surface area (Å²) in [6.07, 6.45) is -6.93. The van der Waals surface area contributed by atoms with Crippen LogP contribution in [0.5, 0.6) is 0 Å². The van der Waals surface area contributed by atoms with Crippen molar-refractivity contribution in [3.8, 4) is 0 Å². The molecule has 8 nitrogen and oxygen atoms in total. The minimum Gasteiger partial charge on any atom is -0.396 e. The molecule has 4 unspecified atom stereocenters. The summed E-state index contributed by atoms with van der Waals surface area (Å²) in [6, 6.07) is 0. The molecule has 8 heteroatoms. The van der Waals surface area contributed by atoms with Crippen LogP contribution < -0.4 is 0 Å². The largest absolute Gasteiger partial charge is 0.396 e. The molecule has 0 rings (SSSR count). The Bertz CT molecular complexity index is 242. The fourth-order valence-electron chi connectivity index (χ4n) is 2.95. The van der Waals surface area contributed by atoms with Gasteiger partial charge in [0, 0.05) is 25.7 Å². The highest BCUT2D eigenvalue weighted by Crippen LogP contribution is 2.44. The molecule has 0 aliphatic carbocycles. The van der Waals surface area contributed by atoms with Crippen LogP contribution in [0.4, 0.5) is 0 Å². The van der Waals surface area contributed by atoms with Gasteiger partial charge in [-0.3, -0.25) is 0 Å². The van der Waals surface area contributed by atoms with Crippen LogP contribution in [0.15, 0.2) is 0 Å². The summed E-state index contributed by atoms with van der Waals surface area (Å²) >= 11 is 0. The fourth-order valence-corrected chi connectivity index (χ4v) is 2.95. The lowest BCUT2D eigenvalue weighted by atomic mass is 9.61. The summed E-state index contributed by atoms with van der Waals surface area (Å²) in [4.78, 5) is 0. The summed E-state index contributed by atoms with van der Waals surface area (Å²) in [5.41, 5.74) is -1.80. The Kier molecular flexibility index (Phi) is 9.50. The molecule has 21 heavy (non-hydrogen) atoms. The second-order valence-corrected chi connectivity index (χ2v) is 5.29. The normalized spacial score (nSPS) is 20.9. The first-order valence-corrected chi connectivity index (χ1v) is 7.03. The van der Waals surface area contributed by atoms with Crippen molar-refractivity contribution in [2.45, 2.75) is 50.8 Å². The third kappa shape index (κ3) is 4.57. The zero-order valence-corrected chi connectivity index (χ0v) is 12.2. The Balaban J connectivity index is 5.79. The van der Waals surface area contributed by atoms with E-state index < -0.39 is 55.8 Å². The topological polar surface area (TPSA) is 162 Å². The van der Waals surface area contributed by atoms with Crippen molar-refractivity contribution in [1.82, 2.24) is 0 Å². The summed E-state index contributed by atoms with van der Waals surface area (Å²) in [5, 5.41) is 76.8. The quantitative estimate of drug-likeness (QED) is 0.189. The summed E-state index contributed by atoms with van der Waals surface area (Å²) in [6.45, 7) is 0.0189. The molecule has 0 saturated heterocycles. The second-order valence-electron chi connectivity index (χ2n) is 5.29. The first-order chi connectivity index (χ1) is 9.80. The molecule has 0 spiro atoms. The maximum Gasteiger partial charge on any atom is 0.154 e. The lowest BCUT2D eigenvalue weighted by Gasteiger charge is -2.49. The molecule has 0 amide bonds. The second kappa shape index (κ2) is 9.65. The van der Waals surface area contributed by atoms with E-state index in [9.17, 15) is 25.5 Å². The standard InChI is InChI=1S/C13H28O8/c1-8(12(20)21)13(9(17)2-5-14,10(18)3-6-15)11(19)4-7-16/h8-12,14-21H,2-7H2,1H3. The maximum absolute atomic E-state index is 10.3. The highest BCUT2D eigenvalue weighted by Gasteiger charge is 2.54. The number of rotatable bonds is 11. The molecule has 8 N–H and O–H groups in total. The smallest absolute Gasteiger partial charge is 0.154 e. The highest BCUT2D eigenvalue weighted by atomic mass is 16.5. The van der Waals surface area contributed by atoms with Crippen molar-refractivity contribution >= 4 is 0 Å². The molecule has 0 fully saturated rings. The lowest BCUT2D eigenvalue weighted by molar-refractivity contribution is -0.227. The van der Waals surface area contributed by atoms with Gasteiger partial charge < -0.3 is 40.9 Å². The first-order valence-electron chi connectivity index (χ1n) is 7.03. The monoisotopic (exact) mass is 312 g/mol. The zero-order chi connectivity index (χ0) is 16.6. The van der Waals surface area contributed by atoms with Gasteiger partial charge in [-0.1, -0.05) is 6.92 Å². The van der Waals surface area contributed by atoms with E-state index in [-0.39, 0.29) is 19.3 Å². The van der Waals surface area contributed by atoms with E-state index in [1.54, 1.807) is 0 Å². The van der Waals surface area contributed by atoms with Gasteiger partial charge in [0.25, 0.3) is 0 Å². The van der Waals surface area contributed by atoms with Crippen molar-refractivity contribution in [3.05, 3.63) is 0 Å². The van der Waals surface area contributed by atoms with Crippen molar-refractivity contribution in [2.75, 3.05) is 19.8 Å². The molecule has 4 atom stereocenters. The summed E-state index contributed by atoms with van der Waals surface area (Å²) in [7, 11) is 0. The minimum absolute atomic E-state index is 0.206. The van der Waals surface area contributed by atoms with Crippen LogP contribution in [0.25, 0.3) is 0 Å². The SMILES string of the molecule is CC(C(O)O)C(C(O)CCO)(C(O)CCO)C(O)CCO. The summed E-state index contributed by atoms with van der Waals surface area (Å²) < 4.78 is 0. The molecule has 0 aromatic heterocycles. The van der Waals surface area contributed by atoms with Gasteiger partial charge in [0.15, 0.2) is 6.29 Å². The zero-order valence-electron chi connectivity index (χ0n) is 12.2. The van der Waals surface area contributed by atoms with Crippen LogP contribution in [-0.4, -0.2) is 85.3 Å². The van der Waals surface area contributed by atoms with Crippen molar-refractivity contribution in [1.29, 1.82) is 0 Å². The van der Waals surface area contributed by atoms with Gasteiger partial charge in [-0.25, -0.2) is 0 Å². The van der Waals surface area contributed by atoms with Gasteiger partial charge in [-0.05, 0) is 19.3 Å². The average Bonchev–Trinajstić information content (AvgIpc) is 2.40. The predicted molar refractivity (Wildman–Crippen MR) is 73.0 cm³/mol. The van der Waals surface area contributed by atoms with E-state index >= 15 is 0 Å². The Morgan fingerprint density at radius 1 is 0.667 bits per heavy atom. The van der Waals surface area contributed by atoms with Crippen LogP contribution >= 0.6 is 0 Å². The molecule has 0 radical (unpaired) electrons. The van der Waals surface area contributed by atoms with Gasteiger partial charge in [-0.2, -0.15) is 0 Å².